The van der Waals surface area contributed by atoms with Gasteiger partial charge in [-0.05, 0) is 7.05 Å². The summed E-state index contributed by atoms with van der Waals surface area (Å²) in [5.41, 5.74) is -0.223. The summed E-state index contributed by atoms with van der Waals surface area (Å²) in [5, 5.41) is 0. The lowest BCUT2D eigenvalue weighted by molar-refractivity contribution is -0.0653. The summed E-state index contributed by atoms with van der Waals surface area (Å²) < 4.78 is 5.41. The van der Waals surface area contributed by atoms with E-state index in [0.29, 0.717) is 6.54 Å². The first-order valence-electron chi connectivity index (χ1n) is 5.05. The molecule has 1 spiro atoms. The molecule has 2 rings (SSSR count). The van der Waals surface area contributed by atoms with Crippen LogP contribution < -0.4 is 0 Å². The Morgan fingerprint density at radius 1 is 1.29 bits per heavy atom. The van der Waals surface area contributed by atoms with Crippen molar-refractivity contribution in [2.24, 2.45) is 0 Å². The molecule has 0 aromatic carbocycles. The Kier molecular flexibility index (Phi) is 2.43. The zero-order chi connectivity index (χ0) is 10.2. The van der Waals surface area contributed by atoms with Crippen molar-refractivity contribution in [3.8, 4) is 0 Å². The highest BCUT2D eigenvalue weighted by Gasteiger charge is 2.41. The maximum absolute atomic E-state index is 11.3. The minimum atomic E-state index is -0.374. The van der Waals surface area contributed by atoms with Crippen LogP contribution in [0.3, 0.4) is 0 Å². The molecule has 0 saturated carbocycles. The van der Waals surface area contributed by atoms with Gasteiger partial charge < -0.3 is 14.4 Å². The molecule has 0 unspecified atom stereocenters. The van der Waals surface area contributed by atoms with E-state index in [4.69, 9.17) is 12.7 Å². The third-order valence-corrected chi connectivity index (χ3v) is 3.24. The number of nitrogens with zero attached hydrogens (tertiary/aromatic N) is 2. The second-order valence-electron chi connectivity index (χ2n) is 4.30. The Balaban J connectivity index is 2.00. The number of carbonyl (C=O) groups is 1. The zero-order valence-electron chi connectivity index (χ0n) is 8.53. The van der Waals surface area contributed by atoms with Crippen LogP contribution in [0.5, 0.6) is 0 Å². The van der Waals surface area contributed by atoms with Gasteiger partial charge >= 0.3 is 6.09 Å². The van der Waals surface area contributed by atoms with Crippen molar-refractivity contribution < 1.29 is 9.53 Å². The van der Waals surface area contributed by atoms with Gasteiger partial charge in [0.05, 0.1) is 0 Å². The molecule has 0 atom stereocenters. The molecule has 2 aliphatic rings. The number of hydrogen-bond donors (Lipinski definition) is 0. The maximum atomic E-state index is 11.3. The molecule has 76 valence electrons. The fraction of sp³-hybridized carbons (Fsp3) is 0.889. The largest absolute Gasteiger partial charge is 0.443 e. The van der Waals surface area contributed by atoms with E-state index in [1.54, 1.807) is 0 Å². The van der Waals surface area contributed by atoms with Crippen molar-refractivity contribution in [3.05, 3.63) is 0 Å². The lowest BCUT2D eigenvalue weighted by atomic mass is 9.86. The van der Waals surface area contributed by atoms with E-state index in [-0.39, 0.29) is 11.7 Å². The van der Waals surface area contributed by atoms with E-state index >= 15 is 0 Å². The lowest BCUT2D eigenvalue weighted by Crippen LogP contribution is -2.53. The molecule has 0 aliphatic carbocycles. The maximum Gasteiger partial charge on any atom is 0.397 e. The van der Waals surface area contributed by atoms with Gasteiger partial charge in [-0.3, -0.25) is 0 Å². The molecule has 0 bridgehead atoms. The molecule has 0 aromatic heterocycles. The first-order valence-corrected chi connectivity index (χ1v) is 5.05. The van der Waals surface area contributed by atoms with E-state index < -0.39 is 0 Å². The minimum absolute atomic E-state index is 0.223. The second-order valence-corrected chi connectivity index (χ2v) is 4.30. The van der Waals surface area contributed by atoms with Gasteiger partial charge in [0, 0.05) is 38.9 Å². The van der Waals surface area contributed by atoms with Crippen LogP contribution in [0, 0.1) is 0 Å². The average molecular weight is 194 g/mol. The fourth-order valence-electron chi connectivity index (χ4n) is 2.09. The quantitative estimate of drug-likeness (QED) is 0.522. The van der Waals surface area contributed by atoms with Crippen molar-refractivity contribution in [1.29, 1.82) is 0 Å². The zero-order valence-corrected chi connectivity index (χ0v) is 8.53. The van der Waals surface area contributed by atoms with Crippen molar-refractivity contribution in [1.82, 2.24) is 9.71 Å². The predicted molar refractivity (Wildman–Crippen MR) is 53.0 cm³/mol. The molecule has 0 aromatic rings. The molecular weight excluding hydrogens is 179 g/mol. The third-order valence-electron chi connectivity index (χ3n) is 3.24. The average Bonchev–Trinajstić information content (AvgIpc) is 2.18. The monoisotopic (exact) mass is 194 g/mol. The van der Waals surface area contributed by atoms with E-state index in [2.05, 4.69) is 11.9 Å². The summed E-state index contributed by atoms with van der Waals surface area (Å²) >= 11 is 0. The van der Waals surface area contributed by atoms with Gasteiger partial charge in [-0.15, -0.1) is 0 Å². The van der Waals surface area contributed by atoms with Crippen LogP contribution >= 0.6 is 0 Å². The lowest BCUT2D eigenvalue weighted by Gasteiger charge is -2.44. The summed E-state index contributed by atoms with van der Waals surface area (Å²) in [4.78, 5) is 14.7. The Morgan fingerprint density at radius 2 is 1.86 bits per heavy atom. The van der Waals surface area contributed by atoms with Gasteiger partial charge in [-0.1, -0.05) is 0 Å². The highest BCUT2D eigenvalue weighted by molar-refractivity contribution is 6.12. The van der Waals surface area contributed by atoms with Crippen LogP contribution in [0.4, 0.5) is 4.79 Å². The van der Waals surface area contributed by atoms with Crippen LogP contribution in [0.25, 0.3) is 0 Å². The van der Waals surface area contributed by atoms with Gasteiger partial charge in [-0.25, -0.2) is 4.79 Å². The SMILES string of the molecule is [B]N1CCC2(CCN(C)CC2)OC1=O. The molecule has 1 amide bonds. The van der Waals surface area contributed by atoms with Crippen LogP contribution in [0.1, 0.15) is 19.3 Å². The standard InChI is InChI=1S/C9H15BN2O2/c1-11-5-2-9(3-6-11)4-7-12(10)8(13)14-9/h2-7H2,1H3. The van der Waals surface area contributed by atoms with Gasteiger partial charge in [0.15, 0.2) is 0 Å². The van der Waals surface area contributed by atoms with E-state index in [1.165, 1.54) is 0 Å². The van der Waals surface area contributed by atoms with E-state index in [9.17, 15) is 4.79 Å². The first kappa shape index (κ1) is 9.83. The van der Waals surface area contributed by atoms with Crippen molar-refractivity contribution in [2.45, 2.75) is 24.9 Å². The molecule has 2 radical (unpaired) electrons. The summed E-state index contributed by atoms with van der Waals surface area (Å²) in [5.74, 6) is 0. The summed E-state index contributed by atoms with van der Waals surface area (Å²) in [6.07, 6.45) is 2.36. The van der Waals surface area contributed by atoms with Gasteiger partial charge in [0.25, 0.3) is 0 Å². The summed E-state index contributed by atoms with van der Waals surface area (Å²) in [7, 11) is 7.53. The third kappa shape index (κ3) is 1.73. The number of likely N-dealkylation sites (tertiary alicyclic amines) is 1. The predicted octanol–water partition coefficient (Wildman–Crippen LogP) is 0.377. The van der Waals surface area contributed by atoms with Crippen LogP contribution in [0.15, 0.2) is 0 Å². The molecule has 2 heterocycles. The number of hydrogen-bond acceptors (Lipinski definition) is 3. The molecule has 5 heteroatoms. The van der Waals surface area contributed by atoms with Crippen LogP contribution in [-0.4, -0.2) is 56.1 Å². The summed E-state index contributed by atoms with van der Waals surface area (Å²) in [6.45, 7) is 2.61. The van der Waals surface area contributed by atoms with Crippen LogP contribution in [0.2, 0.25) is 0 Å². The fourth-order valence-corrected chi connectivity index (χ4v) is 2.09. The smallest absolute Gasteiger partial charge is 0.397 e. The van der Waals surface area contributed by atoms with Gasteiger partial charge in [-0.2, -0.15) is 0 Å². The Labute approximate surface area is 85.6 Å². The molecule has 2 fully saturated rings. The molecule has 0 N–H and O–H groups in total. The minimum Gasteiger partial charge on any atom is -0.443 e. The Bertz CT molecular complexity index is 233. The van der Waals surface area contributed by atoms with Crippen molar-refractivity contribution in [2.75, 3.05) is 26.7 Å². The molecule has 14 heavy (non-hydrogen) atoms. The Hall–Kier alpha value is -0.705. The second kappa shape index (κ2) is 3.46. The highest BCUT2D eigenvalue weighted by atomic mass is 16.6. The Morgan fingerprint density at radius 3 is 2.43 bits per heavy atom. The normalized spacial score (nSPS) is 27.8. The molecule has 2 saturated heterocycles. The first-order chi connectivity index (χ1) is 6.61. The highest BCUT2D eigenvalue weighted by Crippen LogP contribution is 2.32. The summed E-state index contributed by atoms with van der Waals surface area (Å²) in [6, 6.07) is 0. The number of piperidine rings is 1. The molecule has 4 nitrogen and oxygen atoms in total. The number of rotatable bonds is 0. The van der Waals surface area contributed by atoms with E-state index in [0.717, 1.165) is 37.2 Å². The number of amides is 1. The molecule has 2 aliphatic heterocycles. The van der Waals surface area contributed by atoms with Gasteiger partial charge in [0.2, 0.25) is 7.98 Å². The number of ether oxygens (including phenoxy) is 1. The van der Waals surface area contributed by atoms with Crippen LogP contribution in [-0.2, 0) is 4.74 Å². The number of carbonyl (C=O) groups excluding carboxylic acids is 1. The van der Waals surface area contributed by atoms with Gasteiger partial charge in [0.1, 0.15) is 5.60 Å². The topological polar surface area (TPSA) is 32.8 Å². The molecular formula is C9H15BN2O2. The van der Waals surface area contributed by atoms with E-state index in [1.807, 2.05) is 0 Å². The van der Waals surface area contributed by atoms with Crippen molar-refractivity contribution in [3.63, 3.8) is 0 Å². The van der Waals surface area contributed by atoms with Crippen molar-refractivity contribution >= 4 is 14.1 Å².